The van der Waals surface area contributed by atoms with Crippen molar-refractivity contribution in [2.24, 2.45) is 0 Å². The number of carbonyl (C=O) groups excluding carboxylic acids is 1. The van der Waals surface area contributed by atoms with Gasteiger partial charge in [-0.3, -0.25) is 9.69 Å². The van der Waals surface area contributed by atoms with Gasteiger partial charge in [-0.15, -0.1) is 0 Å². The lowest BCUT2D eigenvalue weighted by Crippen LogP contribution is -2.38. The van der Waals surface area contributed by atoms with Crippen LogP contribution in [0, 0.1) is 0 Å². The number of hydrogen-bond donors (Lipinski definition) is 0. The molecule has 2 heterocycles. The van der Waals surface area contributed by atoms with E-state index in [2.05, 4.69) is 0 Å². The summed E-state index contributed by atoms with van der Waals surface area (Å²) in [6.45, 7) is 0.630. The molecule has 1 unspecified atom stereocenters. The van der Waals surface area contributed by atoms with Gasteiger partial charge in [0.2, 0.25) is 5.91 Å². The fourth-order valence-corrected chi connectivity index (χ4v) is 2.16. The molecule has 0 N–H and O–H groups in total. The summed E-state index contributed by atoms with van der Waals surface area (Å²) in [7, 11) is 0. The van der Waals surface area contributed by atoms with Crippen molar-refractivity contribution >= 4 is 11.6 Å². The number of anilines is 1. The summed E-state index contributed by atoms with van der Waals surface area (Å²) >= 11 is 0. The van der Waals surface area contributed by atoms with Crippen molar-refractivity contribution in [3.63, 3.8) is 0 Å². The molecule has 1 amide bonds. The molecular weight excluding hydrogens is 178 g/mol. The van der Waals surface area contributed by atoms with E-state index < -0.39 is 0 Å². The van der Waals surface area contributed by atoms with Crippen LogP contribution >= 0.6 is 0 Å². The number of ether oxygens (including phenoxy) is 1. The van der Waals surface area contributed by atoms with E-state index in [1.807, 2.05) is 24.3 Å². The standard InChI is InChI=1S/C11H11NO2/c13-10-5-6-11-12(10)9-4-2-1-3-8(9)7-14-11/h1-4,11H,5-7H2. The Balaban J connectivity index is 2.11. The Morgan fingerprint density at radius 3 is 3.14 bits per heavy atom. The molecule has 2 aliphatic rings. The fourth-order valence-electron chi connectivity index (χ4n) is 2.16. The molecule has 1 saturated heterocycles. The van der Waals surface area contributed by atoms with Gasteiger partial charge in [-0.05, 0) is 6.07 Å². The van der Waals surface area contributed by atoms with E-state index >= 15 is 0 Å². The minimum Gasteiger partial charge on any atom is -0.353 e. The zero-order valence-corrected chi connectivity index (χ0v) is 7.77. The highest BCUT2D eigenvalue weighted by atomic mass is 16.5. The number of hydrogen-bond acceptors (Lipinski definition) is 2. The van der Waals surface area contributed by atoms with Crippen LogP contribution < -0.4 is 4.90 Å². The minimum atomic E-state index is -0.0163. The topological polar surface area (TPSA) is 29.5 Å². The zero-order chi connectivity index (χ0) is 9.54. The number of carbonyl (C=O) groups is 1. The lowest BCUT2D eigenvalue weighted by molar-refractivity contribution is -0.118. The van der Waals surface area contributed by atoms with Crippen LogP contribution in [0.5, 0.6) is 0 Å². The Hall–Kier alpha value is -1.35. The van der Waals surface area contributed by atoms with Crippen molar-refractivity contribution in [3.8, 4) is 0 Å². The van der Waals surface area contributed by atoms with Crippen LogP contribution in [-0.4, -0.2) is 12.1 Å². The first-order valence-electron chi connectivity index (χ1n) is 4.88. The summed E-state index contributed by atoms with van der Waals surface area (Å²) in [5, 5.41) is 0. The van der Waals surface area contributed by atoms with E-state index in [4.69, 9.17) is 4.74 Å². The van der Waals surface area contributed by atoms with Crippen LogP contribution in [-0.2, 0) is 16.1 Å². The van der Waals surface area contributed by atoms with E-state index in [-0.39, 0.29) is 12.1 Å². The Labute approximate surface area is 82.3 Å². The second kappa shape index (κ2) is 2.82. The van der Waals surface area contributed by atoms with Crippen LogP contribution in [0.4, 0.5) is 5.69 Å². The van der Waals surface area contributed by atoms with Crippen LogP contribution in [0.2, 0.25) is 0 Å². The first-order valence-corrected chi connectivity index (χ1v) is 4.88. The molecule has 0 saturated carbocycles. The number of nitrogens with zero attached hydrogens (tertiary/aromatic N) is 1. The normalized spacial score (nSPS) is 24.7. The molecule has 1 aromatic carbocycles. The van der Waals surface area contributed by atoms with Gasteiger partial charge in [0, 0.05) is 18.4 Å². The summed E-state index contributed by atoms with van der Waals surface area (Å²) in [6.07, 6.45) is 1.42. The van der Waals surface area contributed by atoms with Crippen LogP contribution in [0.1, 0.15) is 18.4 Å². The molecule has 0 aliphatic carbocycles. The predicted molar refractivity (Wildman–Crippen MR) is 51.7 cm³/mol. The molecule has 1 fully saturated rings. The van der Waals surface area contributed by atoms with Gasteiger partial charge in [-0.1, -0.05) is 18.2 Å². The van der Waals surface area contributed by atoms with Gasteiger partial charge >= 0.3 is 0 Å². The summed E-state index contributed by atoms with van der Waals surface area (Å²) in [5.41, 5.74) is 2.14. The van der Waals surface area contributed by atoms with E-state index in [0.717, 1.165) is 17.7 Å². The van der Waals surface area contributed by atoms with Crippen molar-refractivity contribution in [3.05, 3.63) is 29.8 Å². The highest BCUT2D eigenvalue weighted by Crippen LogP contribution is 2.34. The van der Waals surface area contributed by atoms with Crippen molar-refractivity contribution in [2.45, 2.75) is 25.7 Å². The molecule has 3 nitrogen and oxygen atoms in total. The Bertz CT molecular complexity index is 389. The third-order valence-electron chi connectivity index (χ3n) is 2.84. The second-order valence-corrected chi connectivity index (χ2v) is 3.70. The molecule has 1 atom stereocenters. The van der Waals surface area contributed by atoms with Crippen molar-refractivity contribution < 1.29 is 9.53 Å². The molecule has 3 rings (SSSR count). The van der Waals surface area contributed by atoms with Gasteiger partial charge in [0.25, 0.3) is 0 Å². The van der Waals surface area contributed by atoms with E-state index in [9.17, 15) is 4.79 Å². The molecular formula is C11H11NO2. The summed E-state index contributed by atoms with van der Waals surface area (Å²) in [4.78, 5) is 13.4. The molecule has 0 radical (unpaired) electrons. The summed E-state index contributed by atoms with van der Waals surface area (Å²) < 4.78 is 5.60. The molecule has 2 aliphatic heterocycles. The summed E-state index contributed by atoms with van der Waals surface area (Å²) in [5.74, 6) is 0.183. The van der Waals surface area contributed by atoms with E-state index in [1.54, 1.807) is 4.90 Å². The SMILES string of the molecule is O=C1CCC2OCc3ccccc3N12. The van der Waals surface area contributed by atoms with E-state index in [1.165, 1.54) is 0 Å². The first-order chi connectivity index (χ1) is 6.86. The largest absolute Gasteiger partial charge is 0.353 e. The number of fused-ring (bicyclic) bond motifs is 3. The number of amides is 1. The highest BCUT2D eigenvalue weighted by Gasteiger charge is 2.36. The zero-order valence-electron chi connectivity index (χ0n) is 7.77. The third-order valence-corrected chi connectivity index (χ3v) is 2.84. The van der Waals surface area contributed by atoms with Crippen molar-refractivity contribution in [1.82, 2.24) is 0 Å². The van der Waals surface area contributed by atoms with Crippen LogP contribution in [0.3, 0.4) is 0 Å². The lowest BCUT2D eigenvalue weighted by atomic mass is 10.1. The van der Waals surface area contributed by atoms with Gasteiger partial charge < -0.3 is 4.74 Å². The average molecular weight is 189 g/mol. The molecule has 3 heteroatoms. The molecule has 14 heavy (non-hydrogen) atoms. The average Bonchev–Trinajstić information content (AvgIpc) is 2.61. The molecule has 0 bridgehead atoms. The highest BCUT2D eigenvalue weighted by molar-refractivity contribution is 5.96. The van der Waals surface area contributed by atoms with Gasteiger partial charge in [-0.2, -0.15) is 0 Å². The quantitative estimate of drug-likeness (QED) is 0.621. The molecule has 72 valence electrons. The maximum Gasteiger partial charge on any atom is 0.229 e. The second-order valence-electron chi connectivity index (χ2n) is 3.70. The lowest BCUT2D eigenvalue weighted by Gasteiger charge is -2.31. The van der Waals surface area contributed by atoms with Crippen LogP contribution in [0.25, 0.3) is 0 Å². The van der Waals surface area contributed by atoms with Crippen LogP contribution in [0.15, 0.2) is 24.3 Å². The molecule has 0 aromatic heterocycles. The Kier molecular flexibility index (Phi) is 1.61. The first kappa shape index (κ1) is 8.00. The van der Waals surface area contributed by atoms with Gasteiger partial charge in [-0.25, -0.2) is 0 Å². The summed E-state index contributed by atoms with van der Waals surface area (Å²) in [6, 6.07) is 7.95. The number of benzene rings is 1. The van der Waals surface area contributed by atoms with E-state index in [0.29, 0.717) is 13.0 Å². The molecule has 0 spiro atoms. The Morgan fingerprint density at radius 2 is 2.21 bits per heavy atom. The number of para-hydroxylation sites is 1. The third kappa shape index (κ3) is 0.990. The van der Waals surface area contributed by atoms with Crippen molar-refractivity contribution in [1.29, 1.82) is 0 Å². The maximum atomic E-state index is 11.6. The number of rotatable bonds is 0. The van der Waals surface area contributed by atoms with Gasteiger partial charge in [0.05, 0.1) is 12.3 Å². The monoisotopic (exact) mass is 189 g/mol. The maximum absolute atomic E-state index is 11.6. The smallest absolute Gasteiger partial charge is 0.229 e. The minimum absolute atomic E-state index is 0.0163. The van der Waals surface area contributed by atoms with Gasteiger partial charge in [0.15, 0.2) is 0 Å². The molecule has 1 aromatic rings. The van der Waals surface area contributed by atoms with Crippen molar-refractivity contribution in [2.75, 3.05) is 4.90 Å². The fraction of sp³-hybridized carbons (Fsp3) is 0.364. The van der Waals surface area contributed by atoms with Gasteiger partial charge in [0.1, 0.15) is 6.23 Å². The predicted octanol–water partition coefficient (Wildman–Crippen LogP) is 1.67. The Morgan fingerprint density at radius 1 is 1.36 bits per heavy atom.